The van der Waals surface area contributed by atoms with Crippen molar-refractivity contribution in [3.05, 3.63) is 70.8 Å². The van der Waals surface area contributed by atoms with Crippen molar-refractivity contribution in [2.24, 2.45) is 0 Å². The number of thioether (sulfide) groups is 1. The average Bonchev–Trinajstić information content (AvgIpc) is 2.45. The van der Waals surface area contributed by atoms with Gasteiger partial charge in [0, 0.05) is 15.7 Å². The molecule has 102 valence electrons. The zero-order valence-electron chi connectivity index (χ0n) is 10.6. The highest BCUT2D eigenvalue weighted by Crippen LogP contribution is 2.26. The molecule has 0 bridgehead atoms. The molecule has 0 unspecified atom stereocenters. The molecule has 0 atom stereocenters. The Morgan fingerprint density at radius 1 is 1.20 bits per heavy atom. The lowest BCUT2D eigenvalue weighted by atomic mass is 10.2. The van der Waals surface area contributed by atoms with Crippen LogP contribution in [0, 0.1) is 0 Å². The van der Waals surface area contributed by atoms with Crippen LogP contribution >= 0.6 is 23.4 Å². The Hall–Kier alpha value is -1.71. The highest BCUT2D eigenvalue weighted by molar-refractivity contribution is 7.99. The van der Waals surface area contributed by atoms with E-state index in [-0.39, 0.29) is 5.56 Å². The maximum atomic E-state index is 11.1. The first-order valence-corrected chi connectivity index (χ1v) is 7.40. The SMILES string of the molecule is O=C(O)c1cc(Cl)ccc1SC/C=C/c1ccccc1. The first-order valence-electron chi connectivity index (χ1n) is 6.04. The second-order valence-electron chi connectivity index (χ2n) is 4.07. The molecule has 0 saturated carbocycles. The molecule has 0 fully saturated rings. The number of benzene rings is 2. The molecule has 0 saturated heterocycles. The molecule has 20 heavy (non-hydrogen) atoms. The maximum absolute atomic E-state index is 11.1. The standard InChI is InChI=1S/C16H13ClO2S/c17-13-8-9-15(14(11-13)16(18)19)20-10-4-7-12-5-2-1-3-6-12/h1-9,11H,10H2,(H,18,19)/b7-4+. The molecular weight excluding hydrogens is 292 g/mol. The van der Waals surface area contributed by atoms with Gasteiger partial charge in [-0.25, -0.2) is 4.79 Å². The van der Waals surface area contributed by atoms with E-state index in [1.54, 1.807) is 12.1 Å². The Balaban J connectivity index is 2.01. The second kappa shape index (κ2) is 7.17. The predicted molar refractivity (Wildman–Crippen MR) is 84.6 cm³/mol. The summed E-state index contributed by atoms with van der Waals surface area (Å²) in [4.78, 5) is 11.9. The van der Waals surface area contributed by atoms with Gasteiger partial charge in [0.1, 0.15) is 0 Å². The highest BCUT2D eigenvalue weighted by Gasteiger charge is 2.10. The Morgan fingerprint density at radius 2 is 1.95 bits per heavy atom. The van der Waals surface area contributed by atoms with Crippen molar-refractivity contribution in [3.63, 3.8) is 0 Å². The lowest BCUT2D eigenvalue weighted by Crippen LogP contribution is -1.98. The van der Waals surface area contributed by atoms with Crippen molar-refractivity contribution in [2.45, 2.75) is 4.90 Å². The van der Waals surface area contributed by atoms with E-state index in [4.69, 9.17) is 16.7 Å². The van der Waals surface area contributed by atoms with E-state index < -0.39 is 5.97 Å². The largest absolute Gasteiger partial charge is 0.478 e. The summed E-state index contributed by atoms with van der Waals surface area (Å²) in [5, 5.41) is 9.57. The molecule has 0 aromatic heterocycles. The third-order valence-corrected chi connectivity index (χ3v) is 3.88. The second-order valence-corrected chi connectivity index (χ2v) is 5.57. The lowest BCUT2D eigenvalue weighted by Gasteiger charge is -2.04. The number of carbonyl (C=O) groups is 1. The molecule has 0 spiro atoms. The summed E-state index contributed by atoms with van der Waals surface area (Å²) in [6, 6.07) is 14.9. The van der Waals surface area contributed by atoms with Crippen LogP contribution in [-0.2, 0) is 0 Å². The van der Waals surface area contributed by atoms with Gasteiger partial charge in [0.2, 0.25) is 0 Å². The van der Waals surface area contributed by atoms with Crippen LogP contribution in [0.1, 0.15) is 15.9 Å². The number of carboxylic acids is 1. The van der Waals surface area contributed by atoms with Gasteiger partial charge >= 0.3 is 5.97 Å². The van der Waals surface area contributed by atoms with E-state index in [0.717, 1.165) is 10.5 Å². The zero-order chi connectivity index (χ0) is 14.4. The van der Waals surface area contributed by atoms with E-state index in [0.29, 0.717) is 10.8 Å². The molecule has 0 aliphatic heterocycles. The smallest absolute Gasteiger partial charge is 0.336 e. The minimum atomic E-state index is -0.956. The fraction of sp³-hybridized carbons (Fsp3) is 0.0625. The first kappa shape index (κ1) is 14.7. The summed E-state index contributed by atoms with van der Waals surface area (Å²) in [6.07, 6.45) is 4.03. The zero-order valence-corrected chi connectivity index (χ0v) is 12.2. The van der Waals surface area contributed by atoms with Gasteiger partial charge in [-0.2, -0.15) is 0 Å². The van der Waals surface area contributed by atoms with Crippen LogP contribution in [0.15, 0.2) is 59.5 Å². The van der Waals surface area contributed by atoms with Gasteiger partial charge in [-0.05, 0) is 23.8 Å². The van der Waals surface area contributed by atoms with Crippen LogP contribution in [-0.4, -0.2) is 16.8 Å². The van der Waals surface area contributed by atoms with E-state index in [2.05, 4.69) is 0 Å². The molecule has 0 amide bonds. The van der Waals surface area contributed by atoms with Gasteiger partial charge in [-0.15, -0.1) is 11.8 Å². The van der Waals surface area contributed by atoms with E-state index in [1.807, 2.05) is 42.5 Å². The summed E-state index contributed by atoms with van der Waals surface area (Å²) in [5.74, 6) is -0.251. The summed E-state index contributed by atoms with van der Waals surface area (Å²) in [7, 11) is 0. The van der Waals surface area contributed by atoms with E-state index in [1.165, 1.54) is 17.8 Å². The molecule has 0 aliphatic carbocycles. The minimum Gasteiger partial charge on any atom is -0.478 e. The third kappa shape index (κ3) is 4.15. The molecule has 2 aromatic carbocycles. The number of aromatic carboxylic acids is 1. The third-order valence-electron chi connectivity index (χ3n) is 2.62. The van der Waals surface area contributed by atoms with Gasteiger partial charge in [0.05, 0.1) is 5.56 Å². The molecule has 0 aliphatic rings. The molecular formula is C16H13ClO2S. The van der Waals surface area contributed by atoms with Gasteiger partial charge in [-0.3, -0.25) is 0 Å². The molecule has 0 heterocycles. The summed E-state index contributed by atoms with van der Waals surface area (Å²) in [5.41, 5.74) is 1.37. The molecule has 4 heteroatoms. The number of carboxylic acid groups (broad SMARTS) is 1. The molecule has 2 aromatic rings. The monoisotopic (exact) mass is 304 g/mol. The van der Waals surface area contributed by atoms with Gasteiger partial charge < -0.3 is 5.11 Å². The topological polar surface area (TPSA) is 37.3 Å². The Labute approximate surface area is 127 Å². The van der Waals surface area contributed by atoms with E-state index in [9.17, 15) is 4.79 Å². The number of rotatable bonds is 5. The minimum absolute atomic E-state index is 0.246. The van der Waals surface area contributed by atoms with Gasteiger partial charge in [-0.1, -0.05) is 54.1 Å². The fourth-order valence-corrected chi connectivity index (χ4v) is 2.69. The first-order chi connectivity index (χ1) is 9.66. The van der Waals surface area contributed by atoms with Crippen molar-refractivity contribution in [1.82, 2.24) is 0 Å². The van der Waals surface area contributed by atoms with Crippen LogP contribution in [0.2, 0.25) is 5.02 Å². The van der Waals surface area contributed by atoms with Crippen LogP contribution in [0.25, 0.3) is 6.08 Å². The summed E-state index contributed by atoms with van der Waals surface area (Å²) < 4.78 is 0. The average molecular weight is 305 g/mol. The molecule has 1 N–H and O–H groups in total. The Kier molecular flexibility index (Phi) is 5.27. The molecule has 0 radical (unpaired) electrons. The van der Waals surface area contributed by atoms with Crippen LogP contribution in [0.3, 0.4) is 0 Å². The van der Waals surface area contributed by atoms with Crippen LogP contribution < -0.4 is 0 Å². The fourth-order valence-electron chi connectivity index (χ4n) is 1.68. The van der Waals surface area contributed by atoms with Crippen LogP contribution in [0.5, 0.6) is 0 Å². The highest BCUT2D eigenvalue weighted by atomic mass is 35.5. The Bertz CT molecular complexity index is 624. The maximum Gasteiger partial charge on any atom is 0.336 e. The quantitative estimate of drug-likeness (QED) is 0.803. The van der Waals surface area contributed by atoms with Gasteiger partial charge in [0.15, 0.2) is 0 Å². The van der Waals surface area contributed by atoms with Crippen molar-refractivity contribution in [3.8, 4) is 0 Å². The van der Waals surface area contributed by atoms with Crippen LogP contribution in [0.4, 0.5) is 0 Å². The van der Waals surface area contributed by atoms with Crippen molar-refractivity contribution < 1.29 is 9.90 Å². The normalized spacial score (nSPS) is 10.8. The number of hydrogen-bond acceptors (Lipinski definition) is 2. The van der Waals surface area contributed by atoms with Gasteiger partial charge in [0.25, 0.3) is 0 Å². The lowest BCUT2D eigenvalue weighted by molar-refractivity contribution is 0.0693. The number of hydrogen-bond donors (Lipinski definition) is 1. The van der Waals surface area contributed by atoms with Crippen molar-refractivity contribution >= 4 is 35.4 Å². The summed E-state index contributed by atoms with van der Waals surface area (Å²) >= 11 is 7.29. The van der Waals surface area contributed by atoms with Crippen molar-refractivity contribution in [2.75, 3.05) is 5.75 Å². The molecule has 2 nitrogen and oxygen atoms in total. The Morgan fingerprint density at radius 3 is 2.65 bits per heavy atom. The van der Waals surface area contributed by atoms with E-state index >= 15 is 0 Å². The predicted octanol–water partition coefficient (Wildman–Crippen LogP) is 4.84. The molecule has 2 rings (SSSR count). The van der Waals surface area contributed by atoms with Crippen molar-refractivity contribution in [1.29, 1.82) is 0 Å². The number of halogens is 1. The summed E-state index contributed by atoms with van der Waals surface area (Å²) in [6.45, 7) is 0.